The zero-order valence-corrected chi connectivity index (χ0v) is 19.9. The average Bonchev–Trinajstić information content (AvgIpc) is 2.74. The van der Waals surface area contributed by atoms with Gasteiger partial charge in [0.15, 0.2) is 11.9 Å². The second kappa shape index (κ2) is 9.68. The summed E-state index contributed by atoms with van der Waals surface area (Å²) in [6.07, 6.45) is -5.53. The Hall–Kier alpha value is -3.04. The molecule has 0 amide bonds. The van der Waals surface area contributed by atoms with Crippen LogP contribution in [0.5, 0.6) is 17.2 Å². The summed E-state index contributed by atoms with van der Waals surface area (Å²) >= 11 is 5.95. The highest BCUT2D eigenvalue weighted by molar-refractivity contribution is 7.91. The van der Waals surface area contributed by atoms with Crippen LogP contribution in [0.15, 0.2) is 70.5 Å². The van der Waals surface area contributed by atoms with Crippen molar-refractivity contribution in [3.05, 3.63) is 76.8 Å². The number of carbonyl (C=O) groups excluding carboxylic acids is 1. The Labute approximate surface area is 200 Å². The van der Waals surface area contributed by atoms with Gasteiger partial charge in [0.2, 0.25) is 9.84 Å². The van der Waals surface area contributed by atoms with Crippen molar-refractivity contribution in [3.8, 4) is 17.2 Å². The molecule has 1 unspecified atom stereocenters. The van der Waals surface area contributed by atoms with E-state index in [-0.39, 0.29) is 37.8 Å². The number of aryl methyl sites for hydroxylation is 1. The minimum Gasteiger partial charge on any atom is -0.481 e. The first kappa shape index (κ1) is 25.6. The van der Waals surface area contributed by atoms with Gasteiger partial charge >= 0.3 is 6.18 Å². The molecule has 34 heavy (non-hydrogen) atoms. The van der Waals surface area contributed by atoms with E-state index < -0.39 is 27.7 Å². The van der Waals surface area contributed by atoms with Gasteiger partial charge in [-0.05, 0) is 63.2 Å². The van der Waals surface area contributed by atoms with Crippen LogP contribution in [0.2, 0.25) is 5.02 Å². The van der Waals surface area contributed by atoms with Crippen molar-refractivity contribution < 1.29 is 35.9 Å². The lowest BCUT2D eigenvalue weighted by Gasteiger charge is -2.17. The van der Waals surface area contributed by atoms with Crippen LogP contribution >= 0.6 is 11.6 Å². The van der Waals surface area contributed by atoms with Gasteiger partial charge < -0.3 is 9.47 Å². The quantitative estimate of drug-likeness (QED) is 0.354. The summed E-state index contributed by atoms with van der Waals surface area (Å²) in [5.74, 6) is -0.510. The van der Waals surface area contributed by atoms with Crippen molar-refractivity contribution in [2.45, 2.75) is 42.8 Å². The van der Waals surface area contributed by atoms with Gasteiger partial charge in [-0.15, -0.1) is 0 Å². The van der Waals surface area contributed by atoms with Crippen LogP contribution in [0.4, 0.5) is 13.2 Å². The number of halogens is 4. The summed E-state index contributed by atoms with van der Waals surface area (Å²) in [7, 11) is -4.02. The summed E-state index contributed by atoms with van der Waals surface area (Å²) in [5, 5.41) is -0.286. The fourth-order valence-electron chi connectivity index (χ4n) is 2.87. The Morgan fingerprint density at radius 3 is 2.18 bits per heavy atom. The minimum atomic E-state index is -4.57. The molecule has 0 fully saturated rings. The average molecular weight is 513 g/mol. The van der Waals surface area contributed by atoms with E-state index in [1.54, 1.807) is 12.1 Å². The maximum absolute atomic E-state index is 13.2. The monoisotopic (exact) mass is 512 g/mol. The first-order chi connectivity index (χ1) is 15.8. The predicted molar refractivity (Wildman–Crippen MR) is 120 cm³/mol. The molecule has 5 nitrogen and oxygen atoms in total. The minimum absolute atomic E-state index is 0.0258. The Bertz CT molecular complexity index is 1320. The molecule has 0 radical (unpaired) electrons. The zero-order chi connectivity index (χ0) is 25.3. The van der Waals surface area contributed by atoms with Crippen molar-refractivity contribution >= 4 is 27.2 Å². The third-order valence-corrected chi connectivity index (χ3v) is 7.00. The van der Waals surface area contributed by atoms with E-state index in [1.165, 1.54) is 44.2 Å². The van der Waals surface area contributed by atoms with Gasteiger partial charge in [-0.1, -0.05) is 29.3 Å². The van der Waals surface area contributed by atoms with Gasteiger partial charge in [0, 0.05) is 6.07 Å². The van der Waals surface area contributed by atoms with Gasteiger partial charge in [-0.25, -0.2) is 8.42 Å². The summed E-state index contributed by atoms with van der Waals surface area (Å²) in [6.45, 7) is 4.57. The van der Waals surface area contributed by atoms with Crippen LogP contribution in [-0.4, -0.2) is 20.3 Å². The molecule has 0 heterocycles. The van der Waals surface area contributed by atoms with Gasteiger partial charge in [0.25, 0.3) is 0 Å². The van der Waals surface area contributed by atoms with Crippen LogP contribution < -0.4 is 9.47 Å². The van der Waals surface area contributed by atoms with Crippen molar-refractivity contribution in [1.82, 2.24) is 0 Å². The number of benzene rings is 3. The highest BCUT2D eigenvalue weighted by Gasteiger charge is 2.31. The zero-order valence-electron chi connectivity index (χ0n) is 18.3. The van der Waals surface area contributed by atoms with E-state index in [1.807, 2.05) is 6.92 Å². The second-order valence-electron chi connectivity index (χ2n) is 7.54. The van der Waals surface area contributed by atoms with Crippen molar-refractivity contribution in [3.63, 3.8) is 0 Å². The lowest BCUT2D eigenvalue weighted by molar-refractivity contribution is -0.137. The Balaban J connectivity index is 2.03. The SMILES string of the molecule is CC(=O)C(C)Oc1cc(Oc2ccc(C(F)(F)F)cc2Cl)ccc1S(=O)(=O)c1ccc(C)cc1. The smallest absolute Gasteiger partial charge is 0.416 e. The van der Waals surface area contributed by atoms with Crippen LogP contribution in [-0.2, 0) is 20.8 Å². The summed E-state index contributed by atoms with van der Waals surface area (Å²) in [5.41, 5.74) is -0.0681. The van der Waals surface area contributed by atoms with E-state index >= 15 is 0 Å². The molecule has 0 aliphatic heterocycles. The molecule has 3 rings (SSSR count). The molecule has 1 atom stereocenters. The number of rotatable bonds is 7. The number of Topliss-reactive ketones (excluding diaryl/α,β-unsaturated/α-hetero) is 1. The molecule has 0 saturated heterocycles. The Kier molecular flexibility index (Phi) is 7.28. The van der Waals surface area contributed by atoms with Gasteiger partial charge in [0.05, 0.1) is 15.5 Å². The van der Waals surface area contributed by atoms with Gasteiger partial charge in [-0.2, -0.15) is 13.2 Å². The summed E-state index contributed by atoms with van der Waals surface area (Å²) in [4.78, 5) is 11.6. The third-order valence-electron chi connectivity index (χ3n) is 4.90. The first-order valence-corrected chi connectivity index (χ1v) is 11.8. The molecule has 3 aromatic rings. The molecule has 10 heteroatoms. The first-order valence-electron chi connectivity index (χ1n) is 9.96. The topological polar surface area (TPSA) is 69.7 Å². The van der Waals surface area contributed by atoms with E-state index in [4.69, 9.17) is 21.1 Å². The third kappa shape index (κ3) is 5.71. The Morgan fingerprint density at radius 2 is 1.62 bits per heavy atom. The molecule has 0 bridgehead atoms. The fourth-order valence-corrected chi connectivity index (χ4v) is 4.46. The normalized spacial score (nSPS) is 12.8. The molecule has 0 N–H and O–H groups in total. The highest BCUT2D eigenvalue weighted by atomic mass is 35.5. The number of sulfone groups is 1. The van der Waals surface area contributed by atoms with Crippen molar-refractivity contribution in [2.24, 2.45) is 0 Å². The standard InChI is InChI=1S/C24H20ClF3O5S/c1-14-4-8-19(9-5-14)34(30,31)23-11-7-18(13-22(23)32-16(3)15(2)29)33-21-10-6-17(12-20(21)25)24(26,27)28/h4-13,16H,1-3H3. The molecule has 0 aliphatic rings. The van der Waals surface area contributed by atoms with Crippen LogP contribution in [0, 0.1) is 6.92 Å². The molecule has 0 aromatic heterocycles. The lowest BCUT2D eigenvalue weighted by atomic mass is 10.2. The van der Waals surface area contributed by atoms with Crippen LogP contribution in [0.3, 0.4) is 0 Å². The van der Waals surface area contributed by atoms with E-state index in [0.717, 1.165) is 23.8 Å². The number of carbonyl (C=O) groups is 1. The molecular weight excluding hydrogens is 493 g/mol. The van der Waals surface area contributed by atoms with E-state index in [0.29, 0.717) is 0 Å². The maximum atomic E-state index is 13.2. The number of hydrogen-bond acceptors (Lipinski definition) is 5. The number of ether oxygens (including phenoxy) is 2. The second-order valence-corrected chi connectivity index (χ2v) is 9.87. The van der Waals surface area contributed by atoms with Crippen molar-refractivity contribution in [2.75, 3.05) is 0 Å². The fraction of sp³-hybridized carbons (Fsp3) is 0.208. The summed E-state index contributed by atoms with van der Waals surface area (Å²) < 4.78 is 76.3. The van der Waals surface area contributed by atoms with E-state index in [9.17, 15) is 26.4 Å². The maximum Gasteiger partial charge on any atom is 0.416 e. The van der Waals surface area contributed by atoms with E-state index in [2.05, 4.69) is 0 Å². The molecule has 0 aliphatic carbocycles. The molecular formula is C24H20ClF3O5S. The lowest BCUT2D eigenvalue weighted by Crippen LogP contribution is -2.21. The predicted octanol–water partition coefficient (Wildman–Crippen LogP) is 6.65. The number of alkyl halides is 3. The number of hydrogen-bond donors (Lipinski definition) is 0. The molecule has 3 aromatic carbocycles. The largest absolute Gasteiger partial charge is 0.481 e. The molecule has 180 valence electrons. The Morgan fingerprint density at radius 1 is 0.971 bits per heavy atom. The number of ketones is 1. The molecule has 0 saturated carbocycles. The molecule has 0 spiro atoms. The van der Waals surface area contributed by atoms with Gasteiger partial charge in [0.1, 0.15) is 22.1 Å². The van der Waals surface area contributed by atoms with Crippen molar-refractivity contribution in [1.29, 1.82) is 0 Å². The van der Waals surface area contributed by atoms with Crippen LogP contribution in [0.25, 0.3) is 0 Å². The van der Waals surface area contributed by atoms with Crippen LogP contribution in [0.1, 0.15) is 25.0 Å². The highest BCUT2D eigenvalue weighted by Crippen LogP contribution is 2.39. The van der Waals surface area contributed by atoms with Gasteiger partial charge in [-0.3, -0.25) is 4.79 Å². The summed E-state index contributed by atoms with van der Waals surface area (Å²) in [6, 6.07) is 12.6.